The Labute approximate surface area is 362 Å². The van der Waals surface area contributed by atoms with Crippen LogP contribution in [-0.4, -0.2) is 16.7 Å². The van der Waals surface area contributed by atoms with E-state index in [-0.39, 0.29) is 18.4 Å². The van der Waals surface area contributed by atoms with Crippen LogP contribution in [0.3, 0.4) is 0 Å². The number of rotatable bonds is 4. The average Bonchev–Trinajstić information content (AvgIpc) is 3.24. The number of nitrogens with zero attached hydrogens (tertiary/aromatic N) is 1. The van der Waals surface area contributed by atoms with Gasteiger partial charge in [-0.25, -0.2) is 0 Å². The van der Waals surface area contributed by atoms with Crippen molar-refractivity contribution < 1.29 is 9.59 Å². The zero-order valence-electron chi connectivity index (χ0n) is 25.6. The largest absolute Gasteiger partial charge is 0.326 e. The van der Waals surface area contributed by atoms with E-state index in [0.717, 1.165) is 52.2 Å². The Morgan fingerprint density at radius 3 is 1.16 bits per heavy atom. The lowest BCUT2D eigenvalue weighted by molar-refractivity contribution is 0.0642. The number of imide groups is 1. The molecule has 1 aliphatic rings. The fraction of sp³-hybridized carbons (Fsp3) is 0.111. The van der Waals surface area contributed by atoms with Crippen molar-refractivity contribution in [3.8, 4) is 0 Å². The number of hydrogen-bond acceptors (Lipinski definition) is 3. The third-order valence-corrected chi connectivity index (χ3v) is 10.7. The van der Waals surface area contributed by atoms with Crippen LogP contribution in [0, 0.1) is 6.92 Å². The Morgan fingerprint density at radius 2 is 0.837 bits per heavy atom. The van der Waals surface area contributed by atoms with Gasteiger partial charge in [0, 0.05) is 47.7 Å². The summed E-state index contributed by atoms with van der Waals surface area (Å²) in [7, 11) is 0. The van der Waals surface area contributed by atoms with Crippen LogP contribution < -0.4 is 5.73 Å². The van der Waals surface area contributed by atoms with Crippen molar-refractivity contribution in [2.24, 2.45) is 5.73 Å². The molecule has 0 saturated heterocycles. The van der Waals surface area contributed by atoms with Gasteiger partial charge in [0.1, 0.15) is 0 Å². The maximum atomic E-state index is 12.3. The van der Waals surface area contributed by atoms with Crippen LogP contribution in [0.4, 0.5) is 0 Å². The van der Waals surface area contributed by atoms with Gasteiger partial charge in [-0.1, -0.05) is 156 Å². The minimum atomic E-state index is -0.235. The van der Waals surface area contributed by atoms with Gasteiger partial charge in [0.2, 0.25) is 0 Å². The predicted molar refractivity (Wildman–Crippen MR) is 233 cm³/mol. The summed E-state index contributed by atoms with van der Waals surface area (Å²) < 4.78 is 8.37. The molecule has 5 aromatic rings. The summed E-state index contributed by atoms with van der Waals surface area (Å²) in [6.45, 7) is 2.91. The van der Waals surface area contributed by atoms with Crippen molar-refractivity contribution in [2.45, 2.75) is 25.3 Å². The fourth-order valence-electron chi connectivity index (χ4n) is 4.38. The number of alkyl halides is 1. The molecule has 49 heavy (non-hydrogen) atoms. The van der Waals surface area contributed by atoms with Gasteiger partial charge >= 0.3 is 0 Å². The fourth-order valence-corrected chi connectivity index (χ4v) is 10.4. The number of carbonyl (C=O) groups is 2. The van der Waals surface area contributed by atoms with Crippen LogP contribution in [-0.2, 0) is 18.4 Å². The quantitative estimate of drug-likeness (QED) is 0.144. The van der Waals surface area contributed by atoms with Crippen LogP contribution >= 0.6 is 143 Å². The highest BCUT2D eigenvalue weighted by Crippen LogP contribution is 2.27. The van der Waals surface area contributed by atoms with Crippen LogP contribution in [0.2, 0.25) is 0 Å². The van der Waals surface area contributed by atoms with E-state index >= 15 is 0 Å². The number of nitrogens with two attached hydrogens (primary N) is 1. The normalized spacial score (nSPS) is 11.4. The third kappa shape index (κ3) is 14.5. The minimum Gasteiger partial charge on any atom is -0.326 e. The molecule has 1 heterocycles. The second kappa shape index (κ2) is 21.3. The van der Waals surface area contributed by atoms with Gasteiger partial charge in [0.05, 0.1) is 17.7 Å². The summed E-state index contributed by atoms with van der Waals surface area (Å²) in [4.78, 5) is 25.8. The first-order valence-electron chi connectivity index (χ1n) is 14.2. The molecular formula is C36H27Br9N2O2. The Kier molecular flexibility index (Phi) is 18.6. The van der Waals surface area contributed by atoms with Crippen LogP contribution in [0.25, 0.3) is 0 Å². The van der Waals surface area contributed by atoms with Crippen molar-refractivity contribution in [2.75, 3.05) is 0 Å². The summed E-state index contributed by atoms with van der Waals surface area (Å²) in [6.07, 6.45) is 0. The van der Waals surface area contributed by atoms with E-state index in [2.05, 4.69) is 175 Å². The zero-order chi connectivity index (χ0) is 36.2. The lowest BCUT2D eigenvalue weighted by Crippen LogP contribution is -2.29. The van der Waals surface area contributed by atoms with E-state index in [9.17, 15) is 9.59 Å². The number of halogens is 9. The second-order valence-corrected chi connectivity index (χ2v) is 18.2. The van der Waals surface area contributed by atoms with Gasteiger partial charge < -0.3 is 5.73 Å². The van der Waals surface area contributed by atoms with E-state index in [1.54, 1.807) is 24.3 Å². The van der Waals surface area contributed by atoms with E-state index in [1.165, 1.54) is 16.0 Å². The molecule has 0 saturated carbocycles. The first-order chi connectivity index (χ1) is 23.2. The molecule has 13 heteroatoms. The van der Waals surface area contributed by atoms with Crippen molar-refractivity contribution in [1.82, 2.24) is 4.90 Å². The summed E-state index contributed by atoms with van der Waals surface area (Å²) in [5.74, 6) is -0.469. The van der Waals surface area contributed by atoms with Gasteiger partial charge in [-0.2, -0.15) is 0 Å². The molecule has 1 aliphatic heterocycles. The lowest BCUT2D eigenvalue weighted by atomic mass is 10.1. The molecular weight excluding hydrogens is 1210 g/mol. The van der Waals surface area contributed by atoms with Gasteiger partial charge in [-0.3, -0.25) is 14.5 Å². The highest BCUT2D eigenvalue weighted by atomic mass is 79.9. The summed E-state index contributed by atoms with van der Waals surface area (Å²) in [5.41, 5.74) is 10.9. The maximum Gasteiger partial charge on any atom is 0.261 e. The number of benzene rings is 5. The molecule has 0 aromatic heterocycles. The molecule has 5 aromatic carbocycles. The number of hydrogen-bond donors (Lipinski definition) is 1. The SMILES string of the molecule is BrCc1cc(Br)cc(Br)c1.Cc1cc(Br)cc(Br)c1.NCc1cc(Br)cc(Br)c1.O=C1c2ccccc2C(=O)N1Cc1cc(Br)cc(Br)c1. The first kappa shape index (κ1) is 42.9. The minimum absolute atomic E-state index is 0.235. The molecule has 0 bridgehead atoms. The summed E-state index contributed by atoms with van der Waals surface area (Å²) >= 11 is 30.5. The summed E-state index contributed by atoms with van der Waals surface area (Å²) in [6, 6.07) is 31.0. The molecule has 4 nitrogen and oxygen atoms in total. The molecule has 0 unspecified atom stereocenters. The molecule has 2 amide bonds. The Balaban J connectivity index is 0.000000191. The maximum absolute atomic E-state index is 12.3. The van der Waals surface area contributed by atoms with Gasteiger partial charge in [-0.05, 0) is 114 Å². The van der Waals surface area contributed by atoms with Gasteiger partial charge in [0.15, 0.2) is 0 Å². The smallest absolute Gasteiger partial charge is 0.261 e. The summed E-state index contributed by atoms with van der Waals surface area (Å²) in [5, 5.41) is 0.894. The zero-order valence-corrected chi connectivity index (χ0v) is 39.9. The average molecular weight is 1240 g/mol. The molecule has 0 fully saturated rings. The van der Waals surface area contributed by atoms with Crippen LogP contribution in [0.1, 0.15) is 43.0 Å². The van der Waals surface area contributed by atoms with E-state index < -0.39 is 0 Å². The van der Waals surface area contributed by atoms with Crippen LogP contribution in [0.5, 0.6) is 0 Å². The molecule has 0 radical (unpaired) electrons. The third-order valence-electron chi connectivity index (χ3n) is 6.38. The standard InChI is InChI=1S/C15H9Br2NO2.C7H5Br3.C7H7Br2N.C7H6Br2/c16-10-5-9(6-11(17)7-10)8-18-14(19)12-3-1-2-4-13(12)15(18)20;8-4-5-1-6(9)3-7(10)2-5;8-6-1-5(4-10)2-7(9)3-6;1-5-2-6(8)4-7(9)3-5/h1-7H,8H2;1-3H,4H2;1-3H,4,10H2;2-4H,1H3. The monoisotopic (exact) mass is 1230 g/mol. The van der Waals surface area contributed by atoms with Crippen molar-refractivity contribution >= 4 is 155 Å². The Bertz CT molecular complexity index is 1740. The highest BCUT2D eigenvalue weighted by molar-refractivity contribution is 9.12. The predicted octanol–water partition coefficient (Wildman–Crippen LogP) is 14.3. The molecule has 0 atom stereocenters. The number of aryl methyl sites for hydroxylation is 1. The Hall–Kier alpha value is -0.480. The molecule has 6 rings (SSSR count). The van der Waals surface area contributed by atoms with Crippen LogP contribution in [0.15, 0.2) is 133 Å². The van der Waals surface area contributed by atoms with Crippen molar-refractivity contribution in [1.29, 1.82) is 0 Å². The highest BCUT2D eigenvalue weighted by Gasteiger charge is 2.34. The number of fused-ring (bicyclic) bond motifs is 1. The molecule has 0 aliphatic carbocycles. The number of carbonyl (C=O) groups excluding carboxylic acids is 2. The molecule has 0 spiro atoms. The van der Waals surface area contributed by atoms with Gasteiger partial charge in [-0.15, -0.1) is 0 Å². The van der Waals surface area contributed by atoms with E-state index in [1.807, 2.05) is 48.5 Å². The van der Waals surface area contributed by atoms with Crippen molar-refractivity contribution in [3.05, 3.63) is 166 Å². The van der Waals surface area contributed by atoms with E-state index in [0.29, 0.717) is 17.7 Å². The van der Waals surface area contributed by atoms with Gasteiger partial charge in [0.25, 0.3) is 11.8 Å². The van der Waals surface area contributed by atoms with E-state index in [4.69, 9.17) is 5.73 Å². The van der Waals surface area contributed by atoms with Crippen molar-refractivity contribution in [3.63, 3.8) is 0 Å². The lowest BCUT2D eigenvalue weighted by Gasteiger charge is -2.14. The second-order valence-electron chi connectivity index (χ2n) is 10.4. The first-order valence-corrected chi connectivity index (χ1v) is 21.6. The molecule has 256 valence electrons. The molecule has 2 N–H and O–H groups in total. The Morgan fingerprint density at radius 1 is 0.510 bits per heavy atom. The topological polar surface area (TPSA) is 63.4 Å². The number of amides is 2.